The normalized spacial score (nSPS) is 14.6. The van der Waals surface area contributed by atoms with Crippen LogP contribution in [0.1, 0.15) is 48.6 Å². The molecule has 0 N–H and O–H groups in total. The molecule has 0 amide bonds. The van der Waals surface area contributed by atoms with Gasteiger partial charge in [-0.3, -0.25) is 4.79 Å². The van der Waals surface area contributed by atoms with E-state index in [2.05, 4.69) is 10.3 Å². The largest absolute Gasteiger partial charge is 0.385 e. The number of carbonyl (C=O) groups is 1. The maximum Gasteiger partial charge on any atom is 0.172 e. The van der Waals surface area contributed by atoms with Crippen molar-refractivity contribution in [2.24, 2.45) is 0 Å². The summed E-state index contributed by atoms with van der Waals surface area (Å²) in [4.78, 5) is 10.9. The van der Waals surface area contributed by atoms with Gasteiger partial charge in [0, 0.05) is 20.8 Å². The van der Waals surface area contributed by atoms with Crippen LogP contribution in [0.2, 0.25) is 0 Å². The fourth-order valence-corrected chi connectivity index (χ4v) is 1.64. The molecule has 2 atom stereocenters. The van der Waals surface area contributed by atoms with Gasteiger partial charge < -0.3 is 9.47 Å². The molecule has 2 unspecified atom stereocenters. The van der Waals surface area contributed by atoms with Crippen LogP contribution in [-0.2, 0) is 9.47 Å². The minimum absolute atomic E-state index is 0.115. The van der Waals surface area contributed by atoms with E-state index in [9.17, 15) is 4.79 Å². The van der Waals surface area contributed by atoms with E-state index < -0.39 is 0 Å². The molecule has 0 aromatic carbocycles. The average molecular weight is 241 g/mol. The van der Waals surface area contributed by atoms with E-state index in [1.54, 1.807) is 18.9 Å². The first-order valence-corrected chi connectivity index (χ1v) is 5.57. The molecule has 0 aliphatic rings. The Morgan fingerprint density at radius 2 is 2.12 bits per heavy atom. The summed E-state index contributed by atoms with van der Waals surface area (Å²) in [5.41, 5.74) is 1.05. The molecule has 1 heterocycles. The summed E-state index contributed by atoms with van der Waals surface area (Å²) < 4.78 is 12.0. The van der Waals surface area contributed by atoms with Crippen molar-refractivity contribution in [3.8, 4) is 0 Å². The van der Waals surface area contributed by atoms with Crippen LogP contribution >= 0.6 is 0 Å². The van der Waals surface area contributed by atoms with E-state index >= 15 is 0 Å². The van der Waals surface area contributed by atoms with Gasteiger partial charge in [0.1, 0.15) is 0 Å². The van der Waals surface area contributed by atoms with Crippen molar-refractivity contribution >= 4 is 6.29 Å². The predicted molar refractivity (Wildman–Crippen MR) is 62.0 cm³/mol. The van der Waals surface area contributed by atoms with Crippen LogP contribution in [0.3, 0.4) is 0 Å². The van der Waals surface area contributed by atoms with E-state index in [1.807, 2.05) is 13.8 Å². The molecule has 96 valence electrons. The standard InChI is InChI=1S/C11H19N3O3/c1-8(5-6-16-3)14-11(9(2)17-4)10(7-15)12-13-14/h7-9H,5-6H2,1-4H3. The number of rotatable bonds is 7. The zero-order valence-corrected chi connectivity index (χ0v) is 10.7. The van der Waals surface area contributed by atoms with E-state index in [1.165, 1.54) is 0 Å². The molecule has 0 saturated carbocycles. The molecule has 6 heteroatoms. The molecule has 0 bridgehead atoms. The summed E-state index contributed by atoms with van der Waals surface area (Å²) in [5, 5.41) is 7.87. The monoisotopic (exact) mass is 241 g/mol. The number of aromatic nitrogens is 3. The van der Waals surface area contributed by atoms with Crippen molar-refractivity contribution in [2.45, 2.75) is 32.4 Å². The minimum Gasteiger partial charge on any atom is -0.385 e. The van der Waals surface area contributed by atoms with Gasteiger partial charge in [-0.05, 0) is 20.3 Å². The number of carbonyl (C=O) groups excluding carboxylic acids is 1. The zero-order chi connectivity index (χ0) is 12.8. The molecule has 1 aromatic rings. The number of hydrogen-bond acceptors (Lipinski definition) is 5. The molecule has 1 rings (SSSR count). The van der Waals surface area contributed by atoms with Gasteiger partial charge in [-0.25, -0.2) is 4.68 Å². The van der Waals surface area contributed by atoms with E-state index in [-0.39, 0.29) is 12.1 Å². The average Bonchev–Trinajstić information content (AvgIpc) is 2.78. The Kier molecular flexibility index (Phi) is 5.24. The fraction of sp³-hybridized carbons (Fsp3) is 0.727. The van der Waals surface area contributed by atoms with E-state index in [4.69, 9.17) is 9.47 Å². The Labute approximate surface area is 101 Å². The van der Waals surface area contributed by atoms with Crippen LogP contribution in [0.15, 0.2) is 0 Å². The van der Waals surface area contributed by atoms with Crippen LogP contribution < -0.4 is 0 Å². The molecular formula is C11H19N3O3. The summed E-state index contributed by atoms with van der Waals surface area (Å²) in [6.45, 7) is 4.51. The molecule has 6 nitrogen and oxygen atoms in total. The molecule has 0 saturated heterocycles. The van der Waals surface area contributed by atoms with Gasteiger partial charge in [-0.2, -0.15) is 0 Å². The fourth-order valence-electron chi connectivity index (χ4n) is 1.64. The van der Waals surface area contributed by atoms with Gasteiger partial charge in [-0.1, -0.05) is 5.21 Å². The quantitative estimate of drug-likeness (QED) is 0.675. The van der Waals surface area contributed by atoms with Crippen LogP contribution in [0, 0.1) is 0 Å². The molecular weight excluding hydrogens is 222 g/mol. The third-order valence-electron chi connectivity index (χ3n) is 2.77. The maximum absolute atomic E-state index is 10.9. The summed E-state index contributed by atoms with van der Waals surface area (Å²) >= 11 is 0. The third-order valence-corrected chi connectivity index (χ3v) is 2.77. The number of ether oxygens (including phenoxy) is 2. The van der Waals surface area contributed by atoms with Gasteiger partial charge in [0.2, 0.25) is 0 Å². The van der Waals surface area contributed by atoms with Gasteiger partial charge in [0.25, 0.3) is 0 Å². The highest BCUT2D eigenvalue weighted by atomic mass is 16.5. The summed E-state index contributed by atoms with van der Waals surface area (Å²) in [6.07, 6.45) is 1.30. The number of nitrogens with zero attached hydrogens (tertiary/aromatic N) is 3. The Morgan fingerprint density at radius 3 is 2.65 bits per heavy atom. The first-order valence-electron chi connectivity index (χ1n) is 5.57. The first kappa shape index (κ1) is 13.8. The van der Waals surface area contributed by atoms with Gasteiger partial charge in [0.15, 0.2) is 12.0 Å². The van der Waals surface area contributed by atoms with Crippen LogP contribution in [-0.4, -0.2) is 42.1 Å². The zero-order valence-electron chi connectivity index (χ0n) is 10.7. The van der Waals surface area contributed by atoms with Crippen LogP contribution in [0.25, 0.3) is 0 Å². The molecule has 0 aliphatic carbocycles. The van der Waals surface area contributed by atoms with Gasteiger partial charge in [0.05, 0.1) is 17.8 Å². The highest BCUT2D eigenvalue weighted by Gasteiger charge is 2.21. The summed E-state index contributed by atoms with van der Waals surface area (Å²) in [7, 11) is 3.25. The lowest BCUT2D eigenvalue weighted by Crippen LogP contribution is -2.15. The lowest BCUT2D eigenvalue weighted by atomic mass is 10.2. The molecule has 0 radical (unpaired) electrons. The van der Waals surface area contributed by atoms with Crippen molar-refractivity contribution in [2.75, 3.05) is 20.8 Å². The molecule has 0 fully saturated rings. The minimum atomic E-state index is -0.213. The molecule has 17 heavy (non-hydrogen) atoms. The van der Waals surface area contributed by atoms with Crippen molar-refractivity contribution in [3.05, 3.63) is 11.4 Å². The molecule has 0 aliphatic heterocycles. The lowest BCUT2D eigenvalue weighted by Gasteiger charge is -2.17. The van der Waals surface area contributed by atoms with E-state index in [0.717, 1.165) is 6.42 Å². The summed E-state index contributed by atoms with van der Waals surface area (Å²) in [5.74, 6) is 0. The van der Waals surface area contributed by atoms with Gasteiger partial charge in [-0.15, -0.1) is 5.10 Å². The Balaban J connectivity index is 2.98. The second-order valence-electron chi connectivity index (χ2n) is 3.93. The highest BCUT2D eigenvalue weighted by molar-refractivity contribution is 5.73. The van der Waals surface area contributed by atoms with Crippen molar-refractivity contribution in [1.82, 2.24) is 15.0 Å². The Hall–Kier alpha value is -1.27. The second-order valence-corrected chi connectivity index (χ2v) is 3.93. The summed E-state index contributed by atoms with van der Waals surface area (Å²) in [6, 6.07) is 0.115. The van der Waals surface area contributed by atoms with Crippen LogP contribution in [0.4, 0.5) is 0 Å². The molecule has 1 aromatic heterocycles. The maximum atomic E-state index is 10.9. The predicted octanol–water partition coefficient (Wildman–Crippen LogP) is 1.40. The van der Waals surface area contributed by atoms with Crippen LogP contribution in [0.5, 0.6) is 0 Å². The van der Waals surface area contributed by atoms with Crippen molar-refractivity contribution in [3.63, 3.8) is 0 Å². The number of methoxy groups -OCH3 is 2. The SMILES string of the molecule is COCCC(C)n1nnc(C=O)c1C(C)OC. The highest BCUT2D eigenvalue weighted by Crippen LogP contribution is 2.22. The Bertz CT molecular complexity index is 365. The molecule has 0 spiro atoms. The second kappa shape index (κ2) is 6.46. The van der Waals surface area contributed by atoms with Crippen molar-refractivity contribution in [1.29, 1.82) is 0 Å². The number of aldehydes is 1. The Morgan fingerprint density at radius 1 is 1.41 bits per heavy atom. The van der Waals surface area contributed by atoms with Crippen molar-refractivity contribution < 1.29 is 14.3 Å². The number of hydrogen-bond donors (Lipinski definition) is 0. The lowest BCUT2D eigenvalue weighted by molar-refractivity contribution is 0.103. The topological polar surface area (TPSA) is 66.2 Å². The first-order chi connectivity index (χ1) is 8.15. The third kappa shape index (κ3) is 3.10. The van der Waals surface area contributed by atoms with Gasteiger partial charge >= 0.3 is 0 Å². The smallest absolute Gasteiger partial charge is 0.172 e. The van der Waals surface area contributed by atoms with E-state index in [0.29, 0.717) is 24.3 Å².